The third-order valence-electron chi connectivity index (χ3n) is 2.89. The molecule has 1 atom stereocenters. The maximum atomic E-state index is 11.2. The van der Waals surface area contributed by atoms with E-state index in [0.29, 0.717) is 13.0 Å². The van der Waals surface area contributed by atoms with Crippen LogP contribution in [0, 0.1) is 0 Å². The minimum atomic E-state index is -0.920. The molecule has 0 saturated heterocycles. The third-order valence-corrected chi connectivity index (χ3v) is 3.42. The van der Waals surface area contributed by atoms with Crippen LogP contribution in [0.3, 0.4) is 0 Å². The summed E-state index contributed by atoms with van der Waals surface area (Å²) in [5, 5.41) is 12.0. The van der Waals surface area contributed by atoms with Crippen molar-refractivity contribution in [3.63, 3.8) is 0 Å². The molecular weight excluding hydrogens is 338 g/mol. The van der Waals surface area contributed by atoms with Gasteiger partial charge in [-0.05, 0) is 17.7 Å². The maximum absolute atomic E-state index is 11.2. The second kappa shape index (κ2) is 7.92. The number of aromatic amines is 1. The van der Waals surface area contributed by atoms with Crippen LogP contribution in [0.1, 0.15) is 11.3 Å². The number of rotatable bonds is 8. The summed E-state index contributed by atoms with van der Waals surface area (Å²) in [7, 11) is 0. The Morgan fingerprint density at radius 1 is 1.43 bits per heavy atom. The van der Waals surface area contributed by atoms with Gasteiger partial charge in [0.15, 0.2) is 0 Å². The molecule has 1 aromatic heterocycles. The number of imidazole rings is 1. The molecule has 0 saturated carbocycles. The molecule has 0 bridgehead atoms. The van der Waals surface area contributed by atoms with Crippen LogP contribution < -0.4 is 5.32 Å². The van der Waals surface area contributed by atoms with E-state index in [0.717, 1.165) is 15.7 Å². The second-order valence-corrected chi connectivity index (χ2v) is 5.41. The highest BCUT2D eigenvalue weighted by Gasteiger charge is 2.17. The van der Waals surface area contributed by atoms with Gasteiger partial charge in [0.25, 0.3) is 0 Å². The molecule has 21 heavy (non-hydrogen) atoms. The van der Waals surface area contributed by atoms with Crippen LogP contribution in [0.15, 0.2) is 41.3 Å². The number of H-pyrrole nitrogens is 1. The molecule has 112 valence electrons. The number of halogens is 1. The highest BCUT2D eigenvalue weighted by molar-refractivity contribution is 9.10. The van der Waals surface area contributed by atoms with Gasteiger partial charge in [-0.1, -0.05) is 28.1 Å². The SMILES string of the molecule is O=C(O)[C@H](Cc1cnc[nH]1)NCOCc1ccc(Br)cc1. The smallest absolute Gasteiger partial charge is 0.321 e. The summed E-state index contributed by atoms with van der Waals surface area (Å²) in [4.78, 5) is 17.9. The van der Waals surface area contributed by atoms with E-state index >= 15 is 0 Å². The minimum absolute atomic E-state index is 0.168. The zero-order valence-corrected chi connectivity index (χ0v) is 12.8. The normalized spacial score (nSPS) is 12.2. The van der Waals surface area contributed by atoms with Crippen molar-refractivity contribution in [3.8, 4) is 0 Å². The van der Waals surface area contributed by atoms with Gasteiger partial charge >= 0.3 is 5.97 Å². The van der Waals surface area contributed by atoms with Gasteiger partial charge in [0, 0.05) is 22.8 Å². The van der Waals surface area contributed by atoms with Crippen molar-refractivity contribution in [1.29, 1.82) is 0 Å². The molecule has 0 aliphatic carbocycles. The van der Waals surface area contributed by atoms with Gasteiger partial charge in [0.2, 0.25) is 0 Å². The largest absolute Gasteiger partial charge is 0.480 e. The fourth-order valence-corrected chi connectivity index (χ4v) is 2.04. The Labute approximate surface area is 130 Å². The van der Waals surface area contributed by atoms with Crippen LogP contribution in [0.5, 0.6) is 0 Å². The van der Waals surface area contributed by atoms with Gasteiger partial charge in [-0.25, -0.2) is 4.98 Å². The Morgan fingerprint density at radius 2 is 2.19 bits per heavy atom. The molecule has 1 aromatic carbocycles. The molecule has 2 rings (SSSR count). The summed E-state index contributed by atoms with van der Waals surface area (Å²) in [5.41, 5.74) is 1.79. The van der Waals surface area contributed by atoms with E-state index in [1.165, 1.54) is 6.33 Å². The van der Waals surface area contributed by atoms with Crippen LogP contribution in [-0.2, 0) is 22.6 Å². The first-order valence-electron chi connectivity index (χ1n) is 6.41. The second-order valence-electron chi connectivity index (χ2n) is 4.50. The Hall–Kier alpha value is -1.70. The van der Waals surface area contributed by atoms with E-state index in [1.807, 2.05) is 24.3 Å². The average Bonchev–Trinajstić information content (AvgIpc) is 2.97. The number of carboxylic acid groups (broad SMARTS) is 1. The van der Waals surface area contributed by atoms with Gasteiger partial charge in [0.05, 0.1) is 19.7 Å². The van der Waals surface area contributed by atoms with Crippen molar-refractivity contribution < 1.29 is 14.6 Å². The van der Waals surface area contributed by atoms with Crippen LogP contribution in [0.25, 0.3) is 0 Å². The molecule has 0 unspecified atom stereocenters. The molecule has 0 radical (unpaired) electrons. The molecule has 0 spiro atoms. The summed E-state index contributed by atoms with van der Waals surface area (Å²) in [6.07, 6.45) is 3.47. The highest BCUT2D eigenvalue weighted by atomic mass is 79.9. The van der Waals surface area contributed by atoms with Crippen molar-refractivity contribution in [2.75, 3.05) is 6.73 Å². The number of carbonyl (C=O) groups is 1. The van der Waals surface area contributed by atoms with E-state index in [2.05, 4.69) is 31.2 Å². The first kappa shape index (κ1) is 15.7. The van der Waals surface area contributed by atoms with Gasteiger partial charge < -0.3 is 14.8 Å². The predicted octanol–water partition coefficient (Wildman–Crippen LogP) is 1.93. The number of benzene rings is 1. The van der Waals surface area contributed by atoms with Crippen LogP contribution >= 0.6 is 15.9 Å². The van der Waals surface area contributed by atoms with Crippen LogP contribution in [0.2, 0.25) is 0 Å². The molecule has 3 N–H and O–H groups in total. The zero-order chi connectivity index (χ0) is 15.1. The third kappa shape index (κ3) is 5.30. The number of ether oxygens (including phenoxy) is 1. The maximum Gasteiger partial charge on any atom is 0.321 e. The Bertz CT molecular complexity index is 557. The summed E-state index contributed by atoms with van der Waals surface area (Å²) < 4.78 is 6.45. The Kier molecular flexibility index (Phi) is 5.91. The number of hydrogen-bond donors (Lipinski definition) is 3. The fourth-order valence-electron chi connectivity index (χ4n) is 1.77. The molecule has 2 aromatic rings. The van der Waals surface area contributed by atoms with Crippen LogP contribution in [0.4, 0.5) is 0 Å². The van der Waals surface area contributed by atoms with E-state index in [9.17, 15) is 4.79 Å². The van der Waals surface area contributed by atoms with Crippen molar-refractivity contribution in [2.24, 2.45) is 0 Å². The van der Waals surface area contributed by atoms with E-state index in [-0.39, 0.29) is 6.73 Å². The minimum Gasteiger partial charge on any atom is -0.480 e. The summed E-state index contributed by atoms with van der Waals surface area (Å²) in [5.74, 6) is -0.920. The number of nitrogens with zero attached hydrogens (tertiary/aromatic N) is 1. The number of nitrogens with one attached hydrogen (secondary N) is 2. The molecule has 1 heterocycles. The van der Waals surface area contributed by atoms with Gasteiger partial charge in [-0.3, -0.25) is 10.1 Å². The summed E-state index contributed by atoms with van der Waals surface area (Å²) >= 11 is 3.36. The lowest BCUT2D eigenvalue weighted by Gasteiger charge is -2.13. The number of aromatic nitrogens is 2. The number of aliphatic carboxylic acids is 1. The van der Waals surface area contributed by atoms with E-state index in [4.69, 9.17) is 9.84 Å². The number of hydrogen-bond acceptors (Lipinski definition) is 4. The number of carboxylic acids is 1. The first-order chi connectivity index (χ1) is 10.1. The van der Waals surface area contributed by atoms with Gasteiger partial charge in [-0.2, -0.15) is 0 Å². The highest BCUT2D eigenvalue weighted by Crippen LogP contribution is 2.11. The monoisotopic (exact) mass is 353 g/mol. The first-order valence-corrected chi connectivity index (χ1v) is 7.20. The van der Waals surface area contributed by atoms with Gasteiger partial charge in [-0.15, -0.1) is 0 Å². The Morgan fingerprint density at radius 3 is 2.81 bits per heavy atom. The molecule has 0 aliphatic heterocycles. The lowest BCUT2D eigenvalue weighted by Crippen LogP contribution is -2.39. The van der Waals surface area contributed by atoms with Crippen LogP contribution in [-0.4, -0.2) is 33.8 Å². The predicted molar refractivity (Wildman–Crippen MR) is 80.6 cm³/mol. The summed E-state index contributed by atoms with van der Waals surface area (Å²) in [6.45, 7) is 0.595. The van der Waals surface area contributed by atoms with Crippen molar-refractivity contribution >= 4 is 21.9 Å². The standard InChI is InChI=1S/C14H16BrN3O3/c15-11-3-1-10(2-4-11)7-21-9-18-13(14(19)20)5-12-6-16-8-17-12/h1-4,6,8,13,18H,5,7,9H2,(H,16,17)(H,19,20)/t13-/m0/s1. The molecule has 0 fully saturated rings. The molecule has 7 heteroatoms. The lowest BCUT2D eigenvalue weighted by molar-refractivity contribution is -0.140. The zero-order valence-electron chi connectivity index (χ0n) is 11.3. The topological polar surface area (TPSA) is 87.2 Å². The van der Waals surface area contributed by atoms with Crippen molar-refractivity contribution in [2.45, 2.75) is 19.1 Å². The molecule has 0 aliphatic rings. The quantitative estimate of drug-likeness (QED) is 0.498. The Balaban J connectivity index is 1.74. The average molecular weight is 354 g/mol. The molecular formula is C14H16BrN3O3. The van der Waals surface area contributed by atoms with Gasteiger partial charge in [0.1, 0.15) is 6.04 Å². The van der Waals surface area contributed by atoms with E-state index < -0.39 is 12.0 Å². The lowest BCUT2D eigenvalue weighted by atomic mass is 10.2. The van der Waals surface area contributed by atoms with Crippen molar-refractivity contribution in [3.05, 3.63) is 52.5 Å². The van der Waals surface area contributed by atoms with Crippen molar-refractivity contribution in [1.82, 2.24) is 15.3 Å². The van der Waals surface area contributed by atoms with E-state index in [1.54, 1.807) is 6.20 Å². The molecule has 6 nitrogen and oxygen atoms in total. The molecule has 0 amide bonds. The summed E-state index contributed by atoms with van der Waals surface area (Å²) in [6, 6.07) is 7.05. The fraction of sp³-hybridized carbons (Fsp3) is 0.286.